The fourth-order valence-corrected chi connectivity index (χ4v) is 10.9. The van der Waals surface area contributed by atoms with E-state index in [1.54, 1.807) is 0 Å². The van der Waals surface area contributed by atoms with Crippen molar-refractivity contribution < 1.29 is 0 Å². The van der Waals surface area contributed by atoms with E-state index >= 15 is 0 Å². The smallest absolute Gasteiger partial charge is 0.238 e. The number of para-hydroxylation sites is 3. The van der Waals surface area contributed by atoms with Crippen LogP contribution < -0.4 is 0 Å². The number of aromatic nitrogens is 5. The molecule has 346 valence electrons. The highest BCUT2D eigenvalue weighted by atomic mass is 15.2. The van der Waals surface area contributed by atoms with Crippen molar-refractivity contribution >= 4 is 43.6 Å². The summed E-state index contributed by atoms with van der Waals surface area (Å²) in [5.74, 6) is 1.72. The highest BCUT2D eigenvalue weighted by Gasteiger charge is 2.26. The van der Waals surface area contributed by atoms with E-state index in [9.17, 15) is 0 Å². The van der Waals surface area contributed by atoms with Gasteiger partial charge in [-0.2, -0.15) is 9.97 Å². The maximum Gasteiger partial charge on any atom is 0.238 e. The molecule has 0 amide bonds. The molecule has 3 heterocycles. The summed E-state index contributed by atoms with van der Waals surface area (Å²) >= 11 is 0. The molecule has 14 rings (SSSR count). The standard InChI is InChI=1S/C69H45N5/c1-5-20-46(21-6-1)51-26-17-28-53(42-51)48-38-40-50(41-39-48)68-70-67(49-24-9-3-10-25-49)71-69(72-68)74-63-37-16-14-35-59(63)64-60(56-31-19-30-55(44-56)54-29-18-27-52(43-54)47-22-7-2-8-23-47)45-61-58-34-13-15-36-62(58)73(65(61)66(64)74)57-32-11-4-12-33-57/h1-45H. The molecule has 14 aromatic rings. The summed E-state index contributed by atoms with van der Waals surface area (Å²) in [4.78, 5) is 16.2. The average Bonchev–Trinajstić information content (AvgIpc) is 4.06. The minimum atomic E-state index is 0.537. The average molecular weight is 944 g/mol. The Labute approximate surface area is 428 Å². The van der Waals surface area contributed by atoms with Crippen molar-refractivity contribution in [3.63, 3.8) is 0 Å². The van der Waals surface area contributed by atoms with Gasteiger partial charge in [-0.05, 0) is 104 Å². The Morgan fingerprint density at radius 3 is 1.20 bits per heavy atom. The highest BCUT2D eigenvalue weighted by molar-refractivity contribution is 6.28. The van der Waals surface area contributed by atoms with Gasteiger partial charge in [0.2, 0.25) is 5.95 Å². The van der Waals surface area contributed by atoms with Crippen LogP contribution in [0, 0.1) is 0 Å². The monoisotopic (exact) mass is 943 g/mol. The molecule has 0 saturated heterocycles. The fourth-order valence-electron chi connectivity index (χ4n) is 10.9. The molecule has 0 aliphatic heterocycles. The van der Waals surface area contributed by atoms with Crippen LogP contribution in [-0.4, -0.2) is 24.1 Å². The maximum atomic E-state index is 5.51. The van der Waals surface area contributed by atoms with Crippen LogP contribution in [-0.2, 0) is 0 Å². The van der Waals surface area contributed by atoms with Crippen LogP contribution in [0.2, 0.25) is 0 Å². The second-order valence-corrected chi connectivity index (χ2v) is 18.8. The lowest BCUT2D eigenvalue weighted by molar-refractivity contribution is 0.953. The normalized spacial score (nSPS) is 11.5. The minimum Gasteiger partial charge on any atom is -0.307 e. The van der Waals surface area contributed by atoms with Gasteiger partial charge in [0, 0.05) is 38.4 Å². The van der Waals surface area contributed by atoms with Crippen LogP contribution in [0.15, 0.2) is 273 Å². The number of benzene rings is 11. The molecule has 0 aliphatic carbocycles. The summed E-state index contributed by atoms with van der Waals surface area (Å²) < 4.78 is 4.71. The Kier molecular flexibility index (Phi) is 10.4. The molecule has 0 bridgehead atoms. The van der Waals surface area contributed by atoms with Crippen molar-refractivity contribution in [1.82, 2.24) is 24.1 Å². The number of rotatable bonds is 9. The Bertz CT molecular complexity index is 4390. The molecule has 0 unspecified atom stereocenters. The summed E-state index contributed by atoms with van der Waals surface area (Å²) in [7, 11) is 0. The Balaban J connectivity index is 1.03. The van der Waals surface area contributed by atoms with Crippen LogP contribution in [0.5, 0.6) is 0 Å². The Hall–Kier alpha value is -9.97. The molecule has 0 saturated carbocycles. The molecule has 0 radical (unpaired) electrons. The third-order valence-corrected chi connectivity index (χ3v) is 14.4. The lowest BCUT2D eigenvalue weighted by Gasteiger charge is -2.15. The third-order valence-electron chi connectivity index (χ3n) is 14.4. The summed E-state index contributed by atoms with van der Waals surface area (Å²) in [6.45, 7) is 0. The maximum absolute atomic E-state index is 5.51. The Morgan fingerprint density at radius 1 is 0.243 bits per heavy atom. The van der Waals surface area contributed by atoms with Crippen LogP contribution >= 0.6 is 0 Å². The lowest BCUT2D eigenvalue weighted by atomic mass is 9.93. The van der Waals surface area contributed by atoms with Gasteiger partial charge >= 0.3 is 0 Å². The number of hydrogen-bond acceptors (Lipinski definition) is 3. The van der Waals surface area contributed by atoms with Crippen molar-refractivity contribution in [2.45, 2.75) is 0 Å². The van der Waals surface area contributed by atoms with E-state index in [1.165, 1.54) is 22.3 Å². The number of hydrogen-bond donors (Lipinski definition) is 0. The molecular formula is C69H45N5. The molecule has 0 N–H and O–H groups in total. The zero-order valence-electron chi connectivity index (χ0n) is 40.2. The Morgan fingerprint density at radius 2 is 0.635 bits per heavy atom. The second kappa shape index (κ2) is 18.0. The van der Waals surface area contributed by atoms with Crippen molar-refractivity contribution in [3.8, 4) is 90.0 Å². The predicted octanol–water partition coefficient (Wildman–Crippen LogP) is 17.7. The molecule has 0 aliphatic rings. The van der Waals surface area contributed by atoms with Gasteiger partial charge < -0.3 is 4.57 Å². The molecule has 3 aromatic heterocycles. The van der Waals surface area contributed by atoms with Gasteiger partial charge in [-0.1, -0.05) is 224 Å². The minimum absolute atomic E-state index is 0.537. The highest BCUT2D eigenvalue weighted by Crippen LogP contribution is 2.47. The summed E-state index contributed by atoms with van der Waals surface area (Å²) in [6, 6.07) is 97.2. The molecule has 0 spiro atoms. The fraction of sp³-hybridized carbons (Fsp3) is 0. The van der Waals surface area contributed by atoms with Crippen LogP contribution in [0.25, 0.3) is 134 Å². The predicted molar refractivity (Wildman–Crippen MR) is 307 cm³/mol. The van der Waals surface area contributed by atoms with E-state index in [0.717, 1.165) is 93.8 Å². The van der Waals surface area contributed by atoms with Crippen molar-refractivity contribution in [2.75, 3.05) is 0 Å². The van der Waals surface area contributed by atoms with Gasteiger partial charge in [0.1, 0.15) is 0 Å². The first-order valence-electron chi connectivity index (χ1n) is 25.1. The van der Waals surface area contributed by atoms with E-state index in [1.807, 2.05) is 18.2 Å². The van der Waals surface area contributed by atoms with E-state index in [-0.39, 0.29) is 0 Å². The quantitative estimate of drug-likeness (QED) is 0.145. The van der Waals surface area contributed by atoms with Crippen molar-refractivity contribution in [2.24, 2.45) is 0 Å². The van der Waals surface area contributed by atoms with Crippen molar-refractivity contribution in [3.05, 3.63) is 273 Å². The molecular weight excluding hydrogens is 899 g/mol. The van der Waals surface area contributed by atoms with Crippen LogP contribution in [0.3, 0.4) is 0 Å². The second-order valence-electron chi connectivity index (χ2n) is 18.8. The summed E-state index contributed by atoms with van der Waals surface area (Å²) in [6.07, 6.45) is 0. The number of nitrogens with zero attached hydrogens (tertiary/aromatic N) is 5. The van der Waals surface area contributed by atoms with Gasteiger partial charge in [0.15, 0.2) is 11.6 Å². The number of fused-ring (bicyclic) bond motifs is 7. The first-order chi connectivity index (χ1) is 36.7. The third kappa shape index (κ3) is 7.46. The van der Waals surface area contributed by atoms with Crippen LogP contribution in [0.1, 0.15) is 0 Å². The molecule has 0 atom stereocenters. The van der Waals surface area contributed by atoms with E-state index in [0.29, 0.717) is 17.6 Å². The van der Waals surface area contributed by atoms with Gasteiger partial charge in [-0.15, -0.1) is 0 Å². The first-order valence-corrected chi connectivity index (χ1v) is 25.1. The zero-order chi connectivity index (χ0) is 49.0. The van der Waals surface area contributed by atoms with E-state index in [2.05, 4.69) is 264 Å². The molecule has 5 nitrogen and oxygen atoms in total. The summed E-state index contributed by atoms with van der Waals surface area (Å²) in [5.41, 5.74) is 18.6. The van der Waals surface area contributed by atoms with Crippen molar-refractivity contribution in [1.29, 1.82) is 0 Å². The van der Waals surface area contributed by atoms with Gasteiger partial charge in [-0.25, -0.2) is 4.98 Å². The van der Waals surface area contributed by atoms with Crippen LogP contribution in [0.4, 0.5) is 0 Å². The van der Waals surface area contributed by atoms with E-state index < -0.39 is 0 Å². The zero-order valence-corrected chi connectivity index (χ0v) is 40.2. The molecule has 5 heteroatoms. The molecule has 0 fully saturated rings. The molecule has 11 aromatic carbocycles. The first kappa shape index (κ1) is 42.9. The molecule has 74 heavy (non-hydrogen) atoms. The largest absolute Gasteiger partial charge is 0.307 e. The van der Waals surface area contributed by atoms with Gasteiger partial charge in [-0.3, -0.25) is 4.57 Å². The van der Waals surface area contributed by atoms with Gasteiger partial charge in [0.25, 0.3) is 0 Å². The lowest BCUT2D eigenvalue weighted by Crippen LogP contribution is -2.07. The topological polar surface area (TPSA) is 48.5 Å². The van der Waals surface area contributed by atoms with E-state index in [4.69, 9.17) is 15.0 Å². The SMILES string of the molecule is c1ccc(-c2cccc(-c3ccc(-c4nc(-c5ccccc5)nc(-n5c6ccccc6c6c(-c7cccc(-c8cccc(-c9ccccc9)c8)c7)cc7c8ccccc8n(-c8ccccc8)c7c65)n4)cc3)c2)cc1. The summed E-state index contributed by atoms with van der Waals surface area (Å²) in [5, 5.41) is 4.52. The van der Waals surface area contributed by atoms with Gasteiger partial charge in [0.05, 0.1) is 22.1 Å².